The van der Waals surface area contributed by atoms with Crippen LogP contribution in [0, 0.1) is 5.41 Å². The molecular weight excluding hydrogens is 1490 g/mol. The number of ether oxygens (including phenoxy) is 12. The van der Waals surface area contributed by atoms with Gasteiger partial charge in [-0.05, 0) is 31.2 Å². The molecule has 0 saturated carbocycles. The van der Waals surface area contributed by atoms with Gasteiger partial charge >= 0.3 is 0 Å². The highest BCUT2D eigenvalue weighted by Crippen LogP contribution is 2.35. The van der Waals surface area contributed by atoms with E-state index in [0.29, 0.717) is 81.7 Å². The number of unbranched alkanes of at least 4 members (excludes halogenated alkanes) is 1. The van der Waals surface area contributed by atoms with Crippen molar-refractivity contribution < 1.29 is 133 Å². The molecule has 4 aliphatic rings. The molecule has 0 aliphatic carbocycles. The third kappa shape index (κ3) is 28.1. The van der Waals surface area contributed by atoms with E-state index < -0.39 is 161 Å². The van der Waals surface area contributed by atoms with Crippen molar-refractivity contribution in [3.63, 3.8) is 0 Å². The van der Waals surface area contributed by atoms with Gasteiger partial charge < -0.3 is 134 Å². The first kappa shape index (κ1) is 91.5. The normalized spacial score (nSPS) is 28.1. The van der Waals surface area contributed by atoms with Crippen molar-refractivity contribution in [1.29, 1.82) is 0 Å². The molecule has 44 heteroatoms. The summed E-state index contributed by atoms with van der Waals surface area (Å²) in [6, 6.07) is -3.35. The second-order valence-electron chi connectivity index (χ2n) is 28.7. The third-order valence-electron chi connectivity index (χ3n) is 19.7. The summed E-state index contributed by atoms with van der Waals surface area (Å²) in [6.45, 7) is 13.0. The molecule has 0 spiro atoms. The van der Waals surface area contributed by atoms with Crippen molar-refractivity contribution in [1.82, 2.24) is 85.7 Å². The number of rotatable bonds is 51. The molecule has 4 aromatic heterocycles. The van der Waals surface area contributed by atoms with Gasteiger partial charge in [-0.25, -0.2) is 18.7 Å². The topological polar surface area (TPSA) is 570 Å². The second-order valence-corrected chi connectivity index (χ2v) is 28.7. The lowest BCUT2D eigenvalue weighted by Crippen LogP contribution is -2.64. The summed E-state index contributed by atoms with van der Waals surface area (Å²) in [5.41, 5.74) is 2.44. The van der Waals surface area contributed by atoms with Gasteiger partial charge in [0.25, 0.3) is 0 Å². The Bertz CT molecular complexity index is 3240. The average Bonchev–Trinajstić information content (AvgIpc) is 1.19. The highest BCUT2D eigenvalue weighted by Gasteiger charge is 2.48. The van der Waals surface area contributed by atoms with Crippen molar-refractivity contribution >= 4 is 17.7 Å². The molecule has 0 bridgehead atoms. The highest BCUT2D eigenvalue weighted by atomic mass is 16.7. The Morgan fingerprint density at radius 1 is 0.464 bits per heavy atom. The Morgan fingerprint density at radius 2 is 0.795 bits per heavy atom. The van der Waals surface area contributed by atoms with E-state index in [2.05, 4.69) is 87.8 Å². The lowest BCUT2D eigenvalue weighted by molar-refractivity contribution is -0.272. The maximum absolute atomic E-state index is 11.9. The average molecular weight is 1600 g/mol. The van der Waals surface area contributed by atoms with Crippen LogP contribution in [-0.2, 0) is 124 Å². The molecule has 1 unspecified atom stereocenters. The fraction of sp³-hybridized carbons (Fsp3) is 0.838. The summed E-state index contributed by atoms with van der Waals surface area (Å²) in [5, 5.41) is 166. The first-order valence-electron chi connectivity index (χ1n) is 37.9. The lowest BCUT2D eigenvalue weighted by atomic mass is 9.78. The minimum Gasteiger partial charge on any atom is -0.394 e. The van der Waals surface area contributed by atoms with Crippen LogP contribution >= 0.6 is 0 Å². The fourth-order valence-electron chi connectivity index (χ4n) is 13.4. The van der Waals surface area contributed by atoms with Gasteiger partial charge in [-0.15, -0.1) is 20.4 Å². The van der Waals surface area contributed by atoms with Crippen LogP contribution in [0.25, 0.3) is 0 Å². The van der Waals surface area contributed by atoms with E-state index in [1.807, 2.05) is 24.8 Å². The minimum atomic E-state index is -1.46. The summed E-state index contributed by atoms with van der Waals surface area (Å²) in [7, 11) is 0. The minimum absolute atomic E-state index is 0.0119. The molecule has 15 N–H and O–H groups in total. The molecule has 8 heterocycles. The number of hydrogen-bond donors (Lipinski definition) is 15. The van der Waals surface area contributed by atoms with E-state index in [1.54, 1.807) is 18.7 Å². The summed E-state index contributed by atoms with van der Waals surface area (Å²) in [6.07, 6.45) is -9.34. The predicted molar refractivity (Wildman–Crippen MR) is 381 cm³/mol. The van der Waals surface area contributed by atoms with Gasteiger partial charge in [0.2, 0.25) is 17.7 Å². The van der Waals surface area contributed by atoms with Crippen molar-refractivity contribution in [3.05, 3.63) is 47.6 Å². The second kappa shape index (κ2) is 46.6. The zero-order valence-corrected chi connectivity index (χ0v) is 64.3. The van der Waals surface area contributed by atoms with E-state index in [1.165, 1.54) is 20.8 Å². The molecule has 0 radical (unpaired) electrons. The van der Waals surface area contributed by atoms with Gasteiger partial charge in [0.15, 0.2) is 25.2 Å². The fourth-order valence-corrected chi connectivity index (χ4v) is 13.4. The zero-order valence-electron chi connectivity index (χ0n) is 64.3. The van der Waals surface area contributed by atoms with Gasteiger partial charge in [-0.1, -0.05) is 48.0 Å². The number of nitrogens with zero attached hydrogens (tertiary/aromatic N) is 14. The predicted octanol–water partition coefficient (Wildman–Crippen LogP) is -7.47. The van der Waals surface area contributed by atoms with Crippen molar-refractivity contribution in [2.75, 3.05) is 112 Å². The van der Waals surface area contributed by atoms with Crippen LogP contribution in [0.1, 0.15) is 96.4 Å². The summed E-state index contributed by atoms with van der Waals surface area (Å²) >= 11 is 0. The van der Waals surface area contributed by atoms with Crippen LogP contribution in [0.2, 0.25) is 0 Å². The van der Waals surface area contributed by atoms with Crippen LogP contribution in [0.4, 0.5) is 0 Å². The van der Waals surface area contributed by atoms with E-state index in [0.717, 1.165) is 25.7 Å². The van der Waals surface area contributed by atoms with Crippen LogP contribution < -0.4 is 16.0 Å². The van der Waals surface area contributed by atoms with Gasteiger partial charge in [0.1, 0.15) is 85.3 Å². The molecule has 0 aromatic carbocycles. The number of amides is 3. The SMILES string of the molecule is CCC(C)(C)C(CCCCN(Cc1cn(CCOCCO[C@@H]2O[C@H](CO)[C@H](O)[C@H](O)[C@H]2NC(C)=O)nn1)Cc1cn(CCOCCO[C@@H]2O[C@H](CO)[C@H](O)[C@H](O)[C@H]2NC(C)=O)nn1)N(Cc1cn(CCOCCO[C@H]2C[C@@H](O)[C@@H](O)[C@@H](CO)O2)nn1)Cc1cn(CCOCCO[C@@H]2O[C@H](CO)[C@H](O)[C@H](O)[C@H]2NC(C)=O)nn1. The molecule has 636 valence electrons. The Balaban J connectivity index is 0.905. The van der Waals surface area contributed by atoms with Crippen molar-refractivity contribution in [2.24, 2.45) is 5.41 Å². The Labute approximate surface area is 647 Å². The highest BCUT2D eigenvalue weighted by molar-refractivity contribution is 5.74. The van der Waals surface area contributed by atoms with Gasteiger partial charge in [0, 0.05) is 84.2 Å². The monoisotopic (exact) mass is 1600 g/mol. The van der Waals surface area contributed by atoms with Crippen LogP contribution in [0.5, 0.6) is 0 Å². The molecule has 112 heavy (non-hydrogen) atoms. The van der Waals surface area contributed by atoms with Crippen LogP contribution in [0.3, 0.4) is 0 Å². The Kier molecular flexibility index (Phi) is 38.1. The molecule has 4 saturated heterocycles. The quantitative estimate of drug-likeness (QED) is 0.0183. The standard InChI is InChI=1S/C68H117N17O27/c1-7-68(5,6)53(81(31-46-35-84(78-74-46)14-16-101-20-24-105-54-28-48(93)58(94)49(37-86)109-54)32-47-36-85(79-75-47)15-19-104-23-27-108-67-57(71-43(4)92)64(100)61(97)52(40-89)112-67)10-8-9-11-80(29-44-33-82(76-72-44)12-17-102-21-25-106-65-55(69-41(2)90)62(98)59(95)50(38-87)110-65)30-45-34-83(77-73-45)13-18-103-22-26-107-66-56(70-42(3)91)63(99)60(96)51(39-88)111-66/h33-36,48-67,86-89,93-100H,7-32,37-40H2,1-6H3,(H,69,90)(H,70,91)(H,71,92)/t48-,49-,50-,51-,52-,53?,54-,55-,56-,57-,58-,59+,60+,61+,62-,63-,64-,65-,66-,67-/m1/s1. The molecule has 20 atom stereocenters. The van der Waals surface area contributed by atoms with Gasteiger partial charge in [0.05, 0.1) is 161 Å². The molecule has 4 fully saturated rings. The number of aromatic nitrogens is 12. The molecule has 3 amide bonds. The molecule has 8 rings (SSSR count). The van der Waals surface area contributed by atoms with E-state index in [9.17, 15) is 75.7 Å². The summed E-state index contributed by atoms with van der Waals surface area (Å²) in [4.78, 5) is 40.3. The first-order valence-corrected chi connectivity index (χ1v) is 37.9. The molecular formula is C68H117N17O27. The number of hydrogen-bond acceptors (Lipinski definition) is 37. The Hall–Kier alpha value is -6.07. The lowest BCUT2D eigenvalue weighted by Gasteiger charge is -2.42. The Morgan fingerprint density at radius 3 is 1.12 bits per heavy atom. The number of aliphatic hydroxyl groups is 12. The van der Waals surface area contributed by atoms with Gasteiger partial charge in [-0.2, -0.15) is 0 Å². The third-order valence-corrected chi connectivity index (χ3v) is 19.7. The number of aliphatic hydroxyl groups excluding tert-OH is 12. The first-order chi connectivity index (χ1) is 53.8. The van der Waals surface area contributed by atoms with E-state index in [-0.39, 0.29) is 97.2 Å². The number of carbonyl (C=O) groups excluding carboxylic acids is 3. The largest absolute Gasteiger partial charge is 0.394 e. The molecule has 4 aromatic rings. The maximum Gasteiger partial charge on any atom is 0.217 e. The van der Waals surface area contributed by atoms with Crippen LogP contribution in [0.15, 0.2) is 24.8 Å². The summed E-state index contributed by atoms with van der Waals surface area (Å²) in [5.74, 6) is -1.44. The molecule has 4 aliphatic heterocycles. The number of nitrogens with one attached hydrogen (secondary N) is 3. The maximum atomic E-state index is 11.9. The molecule has 44 nitrogen and oxygen atoms in total. The van der Waals surface area contributed by atoms with E-state index in [4.69, 9.17) is 56.8 Å². The van der Waals surface area contributed by atoms with Crippen LogP contribution in [-0.4, -0.2) is 384 Å². The van der Waals surface area contributed by atoms with Gasteiger partial charge in [-0.3, -0.25) is 24.2 Å². The zero-order chi connectivity index (χ0) is 80.9. The van der Waals surface area contributed by atoms with Crippen molar-refractivity contribution in [3.8, 4) is 0 Å². The van der Waals surface area contributed by atoms with Crippen molar-refractivity contribution in [2.45, 2.75) is 249 Å². The smallest absolute Gasteiger partial charge is 0.217 e. The van der Waals surface area contributed by atoms with E-state index >= 15 is 0 Å². The number of carbonyl (C=O) groups is 3. The summed E-state index contributed by atoms with van der Waals surface area (Å²) < 4.78 is 75.8.